The number of nitrogens with one attached hydrogen (secondary N) is 1. The van der Waals surface area contributed by atoms with Gasteiger partial charge in [0.05, 0.1) is 6.61 Å². The molecule has 1 heterocycles. The van der Waals surface area contributed by atoms with Crippen LogP contribution in [0.4, 0.5) is 0 Å². The average Bonchev–Trinajstić information content (AvgIpc) is 2.85. The molecule has 0 amide bonds. The third-order valence-electron chi connectivity index (χ3n) is 4.92. The van der Waals surface area contributed by atoms with Gasteiger partial charge in [-0.2, -0.15) is 0 Å². The minimum Gasteiger partial charge on any atom is -0.461 e. The minimum atomic E-state index is -0.219. The number of carbonyl (C=O) groups is 1. The number of fused-ring (bicyclic) bond motifs is 1. The molecule has 2 bridgehead atoms. The van der Waals surface area contributed by atoms with E-state index >= 15 is 0 Å². The Kier molecular flexibility index (Phi) is 2.80. The van der Waals surface area contributed by atoms with Gasteiger partial charge in [-0.1, -0.05) is 26.0 Å². The Morgan fingerprint density at radius 3 is 2.95 bits per heavy atom. The summed E-state index contributed by atoms with van der Waals surface area (Å²) in [6.07, 6.45) is 8.89. The molecule has 0 saturated carbocycles. The van der Waals surface area contributed by atoms with Crippen molar-refractivity contribution in [2.75, 3.05) is 6.61 Å². The highest BCUT2D eigenvalue weighted by Gasteiger charge is 2.46. The lowest BCUT2D eigenvalue weighted by Crippen LogP contribution is -2.35. The lowest BCUT2D eigenvalue weighted by atomic mass is 9.57. The first-order valence-electron chi connectivity index (χ1n) is 7.17. The molecule has 3 atom stereocenters. The number of ether oxygens (including phenoxy) is 1. The summed E-state index contributed by atoms with van der Waals surface area (Å²) in [6.45, 7) is 6.83. The summed E-state index contributed by atoms with van der Waals surface area (Å²) >= 11 is 0. The molecule has 3 unspecified atom stereocenters. The van der Waals surface area contributed by atoms with E-state index < -0.39 is 0 Å². The van der Waals surface area contributed by atoms with Crippen molar-refractivity contribution in [1.82, 2.24) is 4.98 Å². The summed E-state index contributed by atoms with van der Waals surface area (Å²) in [4.78, 5) is 15.2. The van der Waals surface area contributed by atoms with Crippen LogP contribution in [0.25, 0.3) is 0 Å². The molecular weight excluding hydrogens is 238 g/mol. The van der Waals surface area contributed by atoms with Gasteiger partial charge in [-0.05, 0) is 36.3 Å². The number of hydrogen-bond acceptors (Lipinski definition) is 2. The number of rotatable bonds is 3. The quantitative estimate of drug-likeness (QED) is 0.663. The van der Waals surface area contributed by atoms with Gasteiger partial charge in [-0.25, -0.2) is 4.79 Å². The van der Waals surface area contributed by atoms with E-state index in [1.165, 1.54) is 17.5 Å². The molecule has 1 aromatic heterocycles. The Morgan fingerprint density at radius 2 is 2.26 bits per heavy atom. The van der Waals surface area contributed by atoms with Crippen molar-refractivity contribution in [3.05, 3.63) is 35.2 Å². The molecule has 3 heteroatoms. The Balaban J connectivity index is 2.07. The second-order valence-electron chi connectivity index (χ2n) is 5.93. The zero-order valence-electron chi connectivity index (χ0n) is 11.8. The minimum absolute atomic E-state index is 0.219. The van der Waals surface area contributed by atoms with Crippen molar-refractivity contribution < 1.29 is 9.53 Å². The average molecular weight is 259 g/mol. The van der Waals surface area contributed by atoms with E-state index in [1.807, 2.05) is 13.1 Å². The van der Waals surface area contributed by atoms with Gasteiger partial charge in [0.15, 0.2) is 0 Å². The second kappa shape index (κ2) is 4.26. The number of allylic oxidation sites excluding steroid dienone is 2. The highest BCUT2D eigenvalue weighted by molar-refractivity contribution is 5.90. The first-order valence-corrected chi connectivity index (χ1v) is 7.17. The molecule has 0 fully saturated rings. The number of H-pyrrole nitrogens is 1. The van der Waals surface area contributed by atoms with Crippen molar-refractivity contribution in [2.24, 2.45) is 5.41 Å². The zero-order chi connectivity index (χ0) is 13.6. The van der Waals surface area contributed by atoms with Crippen LogP contribution in [0.5, 0.6) is 0 Å². The van der Waals surface area contributed by atoms with Crippen LogP contribution in [0.1, 0.15) is 67.1 Å². The molecule has 0 radical (unpaired) electrons. The van der Waals surface area contributed by atoms with Crippen LogP contribution in [0, 0.1) is 5.41 Å². The number of carbonyl (C=O) groups excluding carboxylic acids is 1. The number of hydrogen-bond donors (Lipinski definition) is 1. The van der Waals surface area contributed by atoms with Crippen LogP contribution in [0.2, 0.25) is 0 Å². The van der Waals surface area contributed by atoms with E-state index in [9.17, 15) is 4.79 Å². The van der Waals surface area contributed by atoms with E-state index in [2.05, 4.69) is 31.0 Å². The maximum absolute atomic E-state index is 12.1. The molecule has 19 heavy (non-hydrogen) atoms. The van der Waals surface area contributed by atoms with Gasteiger partial charge in [0, 0.05) is 18.0 Å². The van der Waals surface area contributed by atoms with Crippen LogP contribution < -0.4 is 0 Å². The molecule has 3 aliphatic rings. The molecule has 4 rings (SSSR count). The molecule has 3 aliphatic carbocycles. The Bertz CT molecular complexity index is 543. The summed E-state index contributed by atoms with van der Waals surface area (Å²) in [7, 11) is 0. The van der Waals surface area contributed by atoms with E-state index in [1.54, 1.807) is 0 Å². The molecular formula is C16H21NO2. The Labute approximate surface area is 114 Å². The molecule has 0 saturated heterocycles. The van der Waals surface area contributed by atoms with Crippen LogP contribution in [-0.2, 0) is 4.74 Å². The van der Waals surface area contributed by atoms with Crippen molar-refractivity contribution >= 4 is 5.97 Å². The first-order chi connectivity index (χ1) is 9.10. The highest BCUT2D eigenvalue weighted by Crippen LogP contribution is 2.57. The summed E-state index contributed by atoms with van der Waals surface area (Å²) in [6, 6.07) is 0. The smallest absolute Gasteiger partial charge is 0.355 e. The normalized spacial score (nSPS) is 31.3. The van der Waals surface area contributed by atoms with Crippen LogP contribution in [0.15, 0.2) is 18.3 Å². The van der Waals surface area contributed by atoms with E-state index in [0.717, 1.165) is 6.42 Å². The maximum Gasteiger partial charge on any atom is 0.355 e. The van der Waals surface area contributed by atoms with Gasteiger partial charge in [0.25, 0.3) is 0 Å². The van der Waals surface area contributed by atoms with E-state index in [4.69, 9.17) is 4.74 Å². The van der Waals surface area contributed by atoms with Gasteiger partial charge < -0.3 is 9.72 Å². The van der Waals surface area contributed by atoms with Crippen molar-refractivity contribution in [2.45, 2.75) is 45.4 Å². The van der Waals surface area contributed by atoms with Gasteiger partial charge in [-0.15, -0.1) is 0 Å². The summed E-state index contributed by atoms with van der Waals surface area (Å²) in [5, 5.41) is 0. The Hall–Kier alpha value is -1.51. The van der Waals surface area contributed by atoms with Crippen LogP contribution >= 0.6 is 0 Å². The van der Waals surface area contributed by atoms with Gasteiger partial charge in [-0.3, -0.25) is 0 Å². The van der Waals surface area contributed by atoms with Gasteiger partial charge in [0.2, 0.25) is 0 Å². The lowest BCUT2D eigenvalue weighted by molar-refractivity contribution is 0.0516. The second-order valence-corrected chi connectivity index (χ2v) is 5.93. The lowest BCUT2D eigenvalue weighted by Gasteiger charge is -2.46. The predicted molar refractivity (Wildman–Crippen MR) is 74.4 cm³/mol. The number of aromatic amines is 1. The largest absolute Gasteiger partial charge is 0.461 e. The fraction of sp³-hybridized carbons (Fsp3) is 0.562. The fourth-order valence-corrected chi connectivity index (χ4v) is 3.66. The number of aromatic nitrogens is 1. The molecule has 0 aliphatic heterocycles. The highest BCUT2D eigenvalue weighted by atomic mass is 16.5. The Morgan fingerprint density at radius 1 is 1.47 bits per heavy atom. The van der Waals surface area contributed by atoms with Gasteiger partial charge in [0.1, 0.15) is 5.69 Å². The van der Waals surface area contributed by atoms with Crippen LogP contribution in [-0.4, -0.2) is 17.6 Å². The SMILES string of the molecule is CCOC(=O)c1[nH]cc2c1C1C=CC2CC1(C)CC. The van der Waals surface area contributed by atoms with E-state index in [0.29, 0.717) is 24.1 Å². The third kappa shape index (κ3) is 1.67. The standard InChI is InChI=1S/C16H21NO2/c1-4-16(3)8-10-6-7-12(16)13-11(10)9-17-14(13)15(18)19-5-2/h6-7,9-10,12,17H,4-5,8H2,1-3H3. The predicted octanol–water partition coefficient (Wildman–Crippen LogP) is 3.75. The molecule has 0 aromatic carbocycles. The molecule has 1 aromatic rings. The number of esters is 1. The van der Waals surface area contributed by atoms with Crippen molar-refractivity contribution in [3.63, 3.8) is 0 Å². The third-order valence-corrected chi connectivity index (χ3v) is 4.92. The summed E-state index contributed by atoms with van der Waals surface area (Å²) in [5.41, 5.74) is 3.40. The maximum atomic E-state index is 12.1. The summed E-state index contributed by atoms with van der Waals surface area (Å²) in [5.74, 6) is 0.565. The van der Waals surface area contributed by atoms with Crippen molar-refractivity contribution in [1.29, 1.82) is 0 Å². The van der Waals surface area contributed by atoms with Crippen LogP contribution in [0.3, 0.4) is 0 Å². The topological polar surface area (TPSA) is 42.1 Å². The molecule has 1 N–H and O–H groups in total. The van der Waals surface area contributed by atoms with E-state index in [-0.39, 0.29) is 11.4 Å². The molecule has 3 nitrogen and oxygen atoms in total. The molecule has 102 valence electrons. The summed E-state index contributed by atoms with van der Waals surface area (Å²) < 4.78 is 5.17. The van der Waals surface area contributed by atoms with Crippen molar-refractivity contribution in [3.8, 4) is 0 Å². The van der Waals surface area contributed by atoms with Gasteiger partial charge >= 0.3 is 5.97 Å². The molecule has 0 spiro atoms. The monoisotopic (exact) mass is 259 g/mol. The first kappa shape index (κ1) is 12.5. The zero-order valence-corrected chi connectivity index (χ0v) is 11.8. The fourth-order valence-electron chi connectivity index (χ4n) is 3.66.